The van der Waals surface area contributed by atoms with Gasteiger partial charge in [-0.2, -0.15) is 0 Å². The van der Waals surface area contributed by atoms with Gasteiger partial charge >= 0.3 is 5.97 Å². The van der Waals surface area contributed by atoms with Gasteiger partial charge in [-0.05, 0) is 42.9 Å². The molecule has 1 aromatic rings. The highest BCUT2D eigenvalue weighted by Crippen LogP contribution is 2.60. The van der Waals surface area contributed by atoms with Gasteiger partial charge in [-0.3, -0.25) is 24.1 Å². The Morgan fingerprint density at radius 1 is 1.17 bits per heavy atom. The molecule has 7 nitrogen and oxygen atoms in total. The van der Waals surface area contributed by atoms with Crippen LogP contribution >= 0.6 is 43.5 Å². The van der Waals surface area contributed by atoms with E-state index in [-0.39, 0.29) is 45.1 Å². The number of hydrogen-bond acceptors (Lipinski definition) is 5. The van der Waals surface area contributed by atoms with Gasteiger partial charge in [-0.1, -0.05) is 49.5 Å². The number of carbonyl (C=O) groups is 4. The highest BCUT2D eigenvalue weighted by atomic mass is 79.9. The molecular weight excluding hydrogens is 543 g/mol. The van der Waals surface area contributed by atoms with Crippen molar-refractivity contribution in [1.29, 1.82) is 0 Å². The first kappa shape index (κ1) is 21.8. The number of rotatable bonds is 5. The maximum absolute atomic E-state index is 12.8. The average molecular weight is 563 g/mol. The first-order chi connectivity index (χ1) is 14.2. The fraction of sp³-hybridized carbons (Fsp3) is 0.500. The summed E-state index contributed by atoms with van der Waals surface area (Å²) in [7, 11) is 0. The van der Waals surface area contributed by atoms with Gasteiger partial charge in [0.2, 0.25) is 11.8 Å². The zero-order valence-electron chi connectivity index (χ0n) is 15.9. The lowest BCUT2D eigenvalue weighted by atomic mass is 9.81. The van der Waals surface area contributed by atoms with Crippen LogP contribution in [0.2, 0.25) is 5.02 Å². The predicted octanol–water partition coefficient (Wildman–Crippen LogP) is 2.91. The number of halogens is 3. The van der Waals surface area contributed by atoms with Gasteiger partial charge in [-0.15, -0.1) is 0 Å². The SMILES string of the molecule is Cc1c(Cl)cccc1NC(=O)COC(=O)CN1C(=O)[C@@H]2[C@H]3C[C@@H]([C@@H](Br)[C@H]3Br)[C@H]2C1=O. The summed E-state index contributed by atoms with van der Waals surface area (Å²) in [5.74, 6) is -2.60. The second-order valence-electron chi connectivity index (χ2n) is 7.89. The standard InChI is InChI=1S/C20H19Br2ClN2O5/c1-8-11(23)3-2-4-12(8)24-13(26)7-30-14(27)6-25-19(28)15-9-5-10(16(15)20(25)29)18(22)17(9)21/h2-4,9-10,15-18H,5-7H2,1H3,(H,24,26)/t9-,10-,15-,16-,17-,18+/m1/s1. The molecule has 3 amide bonds. The van der Waals surface area contributed by atoms with E-state index in [4.69, 9.17) is 16.3 Å². The quantitative estimate of drug-likeness (QED) is 0.339. The molecule has 1 heterocycles. The van der Waals surface area contributed by atoms with Gasteiger partial charge in [0.05, 0.1) is 11.8 Å². The summed E-state index contributed by atoms with van der Waals surface area (Å²) in [6, 6.07) is 5.08. The fourth-order valence-corrected chi connectivity index (χ4v) is 6.86. The normalized spacial score (nSPS) is 31.8. The van der Waals surface area contributed by atoms with E-state index in [2.05, 4.69) is 37.2 Å². The van der Waals surface area contributed by atoms with Crippen molar-refractivity contribution in [2.45, 2.75) is 23.0 Å². The summed E-state index contributed by atoms with van der Waals surface area (Å²) in [6.45, 7) is 0.757. The molecule has 3 aliphatic rings. The van der Waals surface area contributed by atoms with Gasteiger partial charge in [0.25, 0.3) is 5.91 Å². The van der Waals surface area contributed by atoms with E-state index in [1.165, 1.54) is 0 Å². The van der Waals surface area contributed by atoms with E-state index in [1.54, 1.807) is 25.1 Å². The molecular formula is C20H19Br2ClN2O5. The molecule has 0 spiro atoms. The number of carbonyl (C=O) groups excluding carboxylic acids is 4. The minimum Gasteiger partial charge on any atom is -0.454 e. The largest absolute Gasteiger partial charge is 0.454 e. The lowest BCUT2D eigenvalue weighted by Crippen LogP contribution is -2.38. The van der Waals surface area contributed by atoms with Crippen molar-refractivity contribution in [2.75, 3.05) is 18.5 Å². The second-order valence-corrected chi connectivity index (χ2v) is 10.4. The average Bonchev–Trinajstić information content (AvgIpc) is 3.31. The van der Waals surface area contributed by atoms with Crippen molar-refractivity contribution in [1.82, 2.24) is 4.90 Å². The van der Waals surface area contributed by atoms with Crippen LogP contribution in [0, 0.1) is 30.6 Å². The lowest BCUT2D eigenvalue weighted by molar-refractivity contribution is -0.154. The third kappa shape index (κ3) is 3.58. The Morgan fingerprint density at radius 3 is 2.37 bits per heavy atom. The first-order valence-corrected chi connectivity index (χ1v) is 11.8. The molecule has 2 bridgehead atoms. The highest BCUT2D eigenvalue weighted by Gasteiger charge is 2.66. The zero-order valence-corrected chi connectivity index (χ0v) is 19.9. The molecule has 0 unspecified atom stereocenters. The van der Waals surface area contributed by atoms with E-state index in [9.17, 15) is 19.2 Å². The molecule has 10 heteroatoms. The van der Waals surface area contributed by atoms with Gasteiger partial charge in [-0.25, -0.2) is 0 Å². The van der Waals surface area contributed by atoms with E-state index < -0.39 is 25.0 Å². The molecule has 6 atom stereocenters. The van der Waals surface area contributed by atoms with Gasteiger partial charge in [0, 0.05) is 20.4 Å². The summed E-state index contributed by atoms with van der Waals surface area (Å²) in [6.07, 6.45) is 0.819. The van der Waals surface area contributed by atoms with Crippen LogP contribution in [0.5, 0.6) is 0 Å². The van der Waals surface area contributed by atoms with E-state index >= 15 is 0 Å². The number of fused-ring (bicyclic) bond motifs is 5. The molecule has 1 N–H and O–H groups in total. The van der Waals surface area contributed by atoms with Crippen LogP contribution in [-0.2, 0) is 23.9 Å². The number of benzene rings is 1. The van der Waals surface area contributed by atoms with E-state index in [0.717, 1.165) is 11.3 Å². The Morgan fingerprint density at radius 2 is 1.77 bits per heavy atom. The third-order valence-electron chi connectivity index (χ3n) is 6.27. The van der Waals surface area contributed by atoms with Crippen molar-refractivity contribution in [3.8, 4) is 0 Å². The molecule has 1 aliphatic heterocycles. The van der Waals surface area contributed by atoms with Crippen molar-refractivity contribution in [3.05, 3.63) is 28.8 Å². The van der Waals surface area contributed by atoms with E-state index in [1.807, 2.05) is 0 Å². The van der Waals surface area contributed by atoms with Gasteiger partial charge in [0.15, 0.2) is 6.61 Å². The Balaban J connectivity index is 1.33. The van der Waals surface area contributed by atoms with Crippen LogP contribution in [0.1, 0.15) is 12.0 Å². The number of hydrogen-bond donors (Lipinski definition) is 1. The number of esters is 1. The van der Waals surface area contributed by atoms with Crippen LogP contribution < -0.4 is 5.32 Å². The van der Waals surface area contributed by atoms with Crippen molar-refractivity contribution in [2.24, 2.45) is 23.7 Å². The number of likely N-dealkylation sites (tertiary alicyclic amines) is 1. The molecule has 0 radical (unpaired) electrons. The predicted molar refractivity (Wildman–Crippen MR) is 117 cm³/mol. The number of ether oxygens (including phenoxy) is 1. The molecule has 1 saturated heterocycles. The molecule has 160 valence electrons. The monoisotopic (exact) mass is 560 g/mol. The molecule has 30 heavy (non-hydrogen) atoms. The molecule has 0 aromatic heterocycles. The van der Waals surface area contributed by atoms with E-state index in [0.29, 0.717) is 16.3 Å². The van der Waals surface area contributed by atoms with Crippen LogP contribution in [0.4, 0.5) is 5.69 Å². The molecule has 4 rings (SSSR count). The number of imide groups is 1. The summed E-state index contributed by atoms with van der Waals surface area (Å²) < 4.78 is 4.99. The minimum atomic E-state index is -0.798. The molecule has 3 fully saturated rings. The second kappa shape index (κ2) is 8.24. The molecule has 2 aliphatic carbocycles. The number of alkyl halides is 2. The summed E-state index contributed by atoms with van der Waals surface area (Å²) in [4.78, 5) is 51.1. The first-order valence-electron chi connectivity index (χ1n) is 9.54. The van der Waals surface area contributed by atoms with Crippen molar-refractivity contribution >= 4 is 72.8 Å². The Bertz CT molecular complexity index is 910. The zero-order chi connectivity index (χ0) is 21.7. The number of nitrogens with one attached hydrogen (secondary N) is 1. The smallest absolute Gasteiger partial charge is 0.326 e. The highest BCUT2D eigenvalue weighted by molar-refractivity contribution is 9.12. The minimum absolute atomic E-state index is 0.0774. The topological polar surface area (TPSA) is 92.8 Å². The number of anilines is 1. The van der Waals surface area contributed by atoms with Crippen LogP contribution in [0.25, 0.3) is 0 Å². The van der Waals surface area contributed by atoms with Gasteiger partial charge in [0.1, 0.15) is 6.54 Å². The van der Waals surface area contributed by atoms with Crippen molar-refractivity contribution < 1.29 is 23.9 Å². The summed E-state index contributed by atoms with van der Waals surface area (Å²) in [5, 5.41) is 3.13. The Kier molecular flexibility index (Phi) is 5.98. The van der Waals surface area contributed by atoms with Crippen LogP contribution in [0.15, 0.2) is 18.2 Å². The maximum Gasteiger partial charge on any atom is 0.326 e. The van der Waals surface area contributed by atoms with Gasteiger partial charge < -0.3 is 10.1 Å². The maximum atomic E-state index is 12.8. The molecule has 1 aromatic carbocycles. The summed E-state index contributed by atoms with van der Waals surface area (Å²) in [5.41, 5.74) is 1.22. The Hall–Kier alpha value is -1.45. The van der Waals surface area contributed by atoms with Crippen LogP contribution in [-0.4, -0.2) is 51.4 Å². The fourth-order valence-electron chi connectivity index (χ4n) is 4.82. The summed E-state index contributed by atoms with van der Waals surface area (Å²) >= 11 is 13.3. The molecule has 2 saturated carbocycles. The number of nitrogens with zero attached hydrogens (tertiary/aromatic N) is 1. The van der Waals surface area contributed by atoms with Crippen molar-refractivity contribution in [3.63, 3.8) is 0 Å². The lowest BCUT2D eigenvalue weighted by Gasteiger charge is -2.28. The van der Waals surface area contributed by atoms with Crippen LogP contribution in [0.3, 0.4) is 0 Å². The number of amides is 3. The Labute approximate surface area is 195 Å². The third-order valence-corrected chi connectivity index (χ3v) is 9.89.